The molecule has 0 spiro atoms. The maximum atomic E-state index is 11.9. The third-order valence-electron chi connectivity index (χ3n) is 4.39. The summed E-state index contributed by atoms with van der Waals surface area (Å²) in [5, 5.41) is 3.06. The van der Waals surface area contributed by atoms with Gasteiger partial charge >= 0.3 is 0 Å². The first-order valence-corrected chi connectivity index (χ1v) is 7.92. The lowest BCUT2D eigenvalue weighted by molar-refractivity contribution is -0.116. The summed E-state index contributed by atoms with van der Waals surface area (Å²) in [7, 11) is 1.71. The fourth-order valence-corrected chi connectivity index (χ4v) is 3.25. The SMILES string of the molecule is C/C=C/C=C/C(=O)NCC1(c2ccccc2OC)CCCC1. The topological polar surface area (TPSA) is 38.3 Å². The second-order valence-electron chi connectivity index (χ2n) is 5.79. The fourth-order valence-electron chi connectivity index (χ4n) is 3.25. The van der Waals surface area contributed by atoms with Crippen molar-refractivity contribution in [2.24, 2.45) is 0 Å². The van der Waals surface area contributed by atoms with Crippen LogP contribution in [0.5, 0.6) is 5.75 Å². The number of carbonyl (C=O) groups is 1. The molecule has 1 fully saturated rings. The van der Waals surface area contributed by atoms with Crippen LogP contribution in [0.3, 0.4) is 0 Å². The predicted octanol–water partition coefficient (Wildman–Crippen LogP) is 3.76. The van der Waals surface area contributed by atoms with Gasteiger partial charge in [-0.05, 0) is 25.8 Å². The molecule has 1 aliphatic rings. The van der Waals surface area contributed by atoms with Crippen molar-refractivity contribution < 1.29 is 9.53 Å². The third-order valence-corrected chi connectivity index (χ3v) is 4.39. The van der Waals surface area contributed by atoms with Crippen LogP contribution in [0.1, 0.15) is 38.2 Å². The van der Waals surface area contributed by atoms with Crippen molar-refractivity contribution in [2.45, 2.75) is 38.0 Å². The van der Waals surface area contributed by atoms with Gasteiger partial charge < -0.3 is 10.1 Å². The van der Waals surface area contributed by atoms with Gasteiger partial charge in [-0.1, -0.05) is 49.3 Å². The zero-order valence-corrected chi connectivity index (χ0v) is 13.5. The van der Waals surface area contributed by atoms with Crippen LogP contribution in [0.2, 0.25) is 0 Å². The van der Waals surface area contributed by atoms with Gasteiger partial charge in [-0.3, -0.25) is 4.79 Å². The summed E-state index contributed by atoms with van der Waals surface area (Å²) in [5.74, 6) is 0.877. The Labute approximate surface area is 133 Å². The number of nitrogens with one attached hydrogen (secondary N) is 1. The van der Waals surface area contributed by atoms with Crippen molar-refractivity contribution in [1.82, 2.24) is 5.32 Å². The van der Waals surface area contributed by atoms with Crippen LogP contribution in [0, 0.1) is 0 Å². The van der Waals surface area contributed by atoms with Gasteiger partial charge in [-0.15, -0.1) is 0 Å². The number of carbonyl (C=O) groups excluding carboxylic acids is 1. The first-order chi connectivity index (χ1) is 10.7. The molecule has 1 aromatic carbocycles. The zero-order chi connectivity index (χ0) is 15.8. The molecular formula is C19H25NO2. The highest BCUT2D eigenvalue weighted by molar-refractivity contribution is 5.87. The number of ether oxygens (including phenoxy) is 1. The largest absolute Gasteiger partial charge is 0.496 e. The quantitative estimate of drug-likeness (QED) is 0.641. The molecule has 0 bridgehead atoms. The number of allylic oxidation sites excluding steroid dienone is 3. The molecule has 22 heavy (non-hydrogen) atoms. The van der Waals surface area contributed by atoms with E-state index in [1.54, 1.807) is 19.3 Å². The molecular weight excluding hydrogens is 274 g/mol. The Hall–Kier alpha value is -2.03. The molecule has 3 nitrogen and oxygen atoms in total. The first-order valence-electron chi connectivity index (χ1n) is 7.92. The summed E-state index contributed by atoms with van der Waals surface area (Å²) < 4.78 is 5.53. The van der Waals surface area contributed by atoms with E-state index in [2.05, 4.69) is 11.4 Å². The van der Waals surface area contributed by atoms with Crippen molar-refractivity contribution >= 4 is 5.91 Å². The molecule has 0 heterocycles. The summed E-state index contributed by atoms with van der Waals surface area (Å²) in [5.41, 5.74) is 1.21. The summed E-state index contributed by atoms with van der Waals surface area (Å²) in [6.07, 6.45) is 11.7. The van der Waals surface area contributed by atoms with E-state index in [-0.39, 0.29) is 11.3 Å². The van der Waals surface area contributed by atoms with Crippen LogP contribution < -0.4 is 10.1 Å². The Morgan fingerprint density at radius 3 is 2.68 bits per heavy atom. The Balaban J connectivity index is 2.14. The predicted molar refractivity (Wildman–Crippen MR) is 90.1 cm³/mol. The molecule has 1 aliphatic carbocycles. The second kappa shape index (κ2) is 7.83. The van der Waals surface area contributed by atoms with Crippen LogP contribution in [0.4, 0.5) is 0 Å². The Kier molecular flexibility index (Phi) is 5.82. The van der Waals surface area contributed by atoms with Crippen molar-refractivity contribution in [1.29, 1.82) is 0 Å². The van der Waals surface area contributed by atoms with Crippen molar-refractivity contribution in [2.75, 3.05) is 13.7 Å². The maximum absolute atomic E-state index is 11.9. The molecule has 0 saturated heterocycles. The van der Waals surface area contributed by atoms with E-state index in [4.69, 9.17) is 4.74 Å². The summed E-state index contributed by atoms with van der Waals surface area (Å²) >= 11 is 0. The minimum Gasteiger partial charge on any atom is -0.496 e. The van der Waals surface area contributed by atoms with Gasteiger partial charge in [0.25, 0.3) is 0 Å². The number of para-hydroxylation sites is 1. The molecule has 0 radical (unpaired) electrons. The lowest BCUT2D eigenvalue weighted by Gasteiger charge is -2.31. The molecule has 1 N–H and O–H groups in total. The molecule has 1 saturated carbocycles. The van der Waals surface area contributed by atoms with Gasteiger partial charge in [-0.2, -0.15) is 0 Å². The van der Waals surface area contributed by atoms with Gasteiger partial charge in [-0.25, -0.2) is 0 Å². The fraction of sp³-hybridized carbons (Fsp3) is 0.421. The average Bonchev–Trinajstić information content (AvgIpc) is 3.03. The Morgan fingerprint density at radius 2 is 2.00 bits per heavy atom. The number of amides is 1. The number of rotatable bonds is 6. The van der Waals surface area contributed by atoms with E-state index in [0.717, 1.165) is 18.6 Å². The van der Waals surface area contributed by atoms with Crippen molar-refractivity contribution in [3.63, 3.8) is 0 Å². The van der Waals surface area contributed by atoms with Gasteiger partial charge in [0.1, 0.15) is 5.75 Å². The number of methoxy groups -OCH3 is 1. The highest BCUT2D eigenvalue weighted by atomic mass is 16.5. The standard InChI is InChI=1S/C19H25NO2/c1-3-4-5-12-18(21)20-15-19(13-8-9-14-19)16-10-6-7-11-17(16)22-2/h3-7,10-12H,8-9,13-15H2,1-2H3,(H,20,21)/b4-3+,12-5+. The maximum Gasteiger partial charge on any atom is 0.244 e. The molecule has 3 heteroatoms. The van der Waals surface area contributed by atoms with Gasteiger partial charge in [0.2, 0.25) is 5.91 Å². The molecule has 0 atom stereocenters. The molecule has 1 aromatic rings. The van der Waals surface area contributed by atoms with E-state index in [1.165, 1.54) is 18.4 Å². The van der Waals surface area contributed by atoms with Gasteiger partial charge in [0.05, 0.1) is 7.11 Å². The van der Waals surface area contributed by atoms with E-state index >= 15 is 0 Å². The molecule has 0 unspecified atom stereocenters. The Bertz CT molecular complexity index is 554. The van der Waals surface area contributed by atoms with Gasteiger partial charge in [0, 0.05) is 23.6 Å². The monoisotopic (exact) mass is 299 g/mol. The highest BCUT2D eigenvalue weighted by Crippen LogP contribution is 2.44. The van der Waals surface area contributed by atoms with Crippen molar-refractivity contribution in [3.8, 4) is 5.75 Å². The number of benzene rings is 1. The highest BCUT2D eigenvalue weighted by Gasteiger charge is 2.37. The second-order valence-corrected chi connectivity index (χ2v) is 5.79. The van der Waals surface area contributed by atoms with Gasteiger partial charge in [0.15, 0.2) is 0 Å². The first kappa shape index (κ1) is 16.3. The van der Waals surface area contributed by atoms with E-state index in [1.807, 2.05) is 37.3 Å². The van der Waals surface area contributed by atoms with E-state index in [0.29, 0.717) is 6.54 Å². The number of hydrogen-bond acceptors (Lipinski definition) is 2. The average molecular weight is 299 g/mol. The molecule has 0 aliphatic heterocycles. The third kappa shape index (κ3) is 3.79. The summed E-state index contributed by atoms with van der Waals surface area (Å²) in [6.45, 7) is 2.59. The van der Waals surface area contributed by atoms with Crippen LogP contribution in [0.25, 0.3) is 0 Å². The normalized spacial score (nSPS) is 17.2. The lowest BCUT2D eigenvalue weighted by atomic mass is 9.78. The van der Waals surface area contributed by atoms with Crippen LogP contribution in [-0.2, 0) is 10.2 Å². The molecule has 118 valence electrons. The Morgan fingerprint density at radius 1 is 1.27 bits per heavy atom. The summed E-state index contributed by atoms with van der Waals surface area (Å²) in [4.78, 5) is 11.9. The van der Waals surface area contributed by atoms with Crippen LogP contribution in [0.15, 0.2) is 48.6 Å². The molecule has 1 amide bonds. The van der Waals surface area contributed by atoms with Crippen molar-refractivity contribution in [3.05, 3.63) is 54.1 Å². The minimum atomic E-state index is -0.0423. The minimum absolute atomic E-state index is 0.00327. The molecule has 2 rings (SSSR count). The van der Waals surface area contributed by atoms with E-state index < -0.39 is 0 Å². The van der Waals surface area contributed by atoms with Crippen LogP contribution in [-0.4, -0.2) is 19.6 Å². The number of hydrogen-bond donors (Lipinski definition) is 1. The molecule has 0 aromatic heterocycles. The zero-order valence-electron chi connectivity index (χ0n) is 13.5. The van der Waals surface area contributed by atoms with E-state index in [9.17, 15) is 4.79 Å². The van der Waals surface area contributed by atoms with Crippen LogP contribution >= 0.6 is 0 Å². The lowest BCUT2D eigenvalue weighted by Crippen LogP contribution is -2.38. The summed E-state index contributed by atoms with van der Waals surface area (Å²) in [6, 6.07) is 8.17. The smallest absolute Gasteiger partial charge is 0.244 e.